The van der Waals surface area contributed by atoms with Crippen LogP contribution in [0, 0.1) is 6.92 Å². The highest BCUT2D eigenvalue weighted by Gasteiger charge is 2.10. The highest BCUT2D eigenvalue weighted by atomic mass is 15.0. The molecule has 0 spiro atoms. The number of hydrogen-bond acceptors (Lipinski definition) is 4. The van der Waals surface area contributed by atoms with Gasteiger partial charge >= 0.3 is 0 Å². The van der Waals surface area contributed by atoms with Gasteiger partial charge in [-0.05, 0) is 18.6 Å². The van der Waals surface area contributed by atoms with Gasteiger partial charge in [-0.1, -0.05) is 66.2 Å². The number of benzene rings is 2. The van der Waals surface area contributed by atoms with E-state index in [0.717, 1.165) is 33.8 Å². The first-order chi connectivity index (χ1) is 14.2. The maximum absolute atomic E-state index is 4.81. The largest absolute Gasteiger partial charge is 0.366 e. The Morgan fingerprint density at radius 3 is 2.34 bits per heavy atom. The average Bonchev–Trinajstić information content (AvgIpc) is 2.78. The molecule has 2 aromatic carbocycles. The molecule has 2 aromatic heterocycles. The minimum absolute atomic E-state index is 0.631. The predicted octanol–water partition coefficient (Wildman–Crippen LogP) is 5.78. The molecule has 0 aliphatic heterocycles. The summed E-state index contributed by atoms with van der Waals surface area (Å²) in [5.74, 6) is 1.44. The van der Waals surface area contributed by atoms with Gasteiger partial charge in [0.15, 0.2) is 5.82 Å². The smallest absolute Gasteiger partial charge is 0.162 e. The first-order valence-corrected chi connectivity index (χ1v) is 9.54. The number of nitrogens with zero attached hydrogens (tertiary/aromatic N) is 3. The van der Waals surface area contributed by atoms with Gasteiger partial charge in [-0.3, -0.25) is 4.98 Å². The number of nitrogens with one attached hydrogen (secondary N) is 1. The molecule has 2 heterocycles. The predicted molar refractivity (Wildman–Crippen MR) is 120 cm³/mol. The second kappa shape index (κ2) is 8.48. The van der Waals surface area contributed by atoms with Gasteiger partial charge in [0.2, 0.25) is 0 Å². The molecule has 0 amide bonds. The molecule has 29 heavy (non-hydrogen) atoms. The highest BCUT2D eigenvalue weighted by molar-refractivity contribution is 5.72. The molecule has 4 heteroatoms. The van der Waals surface area contributed by atoms with Crippen molar-refractivity contribution in [2.24, 2.45) is 0 Å². The van der Waals surface area contributed by atoms with Gasteiger partial charge in [0.1, 0.15) is 5.82 Å². The van der Waals surface area contributed by atoms with Crippen molar-refractivity contribution >= 4 is 5.82 Å². The highest BCUT2D eigenvalue weighted by Crippen LogP contribution is 2.27. The summed E-state index contributed by atoms with van der Waals surface area (Å²) in [6.45, 7) is 6.49. The molecule has 0 aliphatic rings. The summed E-state index contributed by atoms with van der Waals surface area (Å²) in [7, 11) is 0. The van der Waals surface area contributed by atoms with Gasteiger partial charge in [-0.25, -0.2) is 9.97 Å². The number of aryl methyl sites for hydroxylation is 1. The molecule has 0 saturated heterocycles. The monoisotopic (exact) mass is 378 g/mol. The third-order valence-corrected chi connectivity index (χ3v) is 4.60. The lowest BCUT2D eigenvalue weighted by Crippen LogP contribution is -2.03. The molecule has 0 saturated carbocycles. The van der Waals surface area contributed by atoms with Crippen LogP contribution in [0.25, 0.3) is 33.8 Å². The Kier molecular flexibility index (Phi) is 5.43. The topological polar surface area (TPSA) is 50.7 Å². The van der Waals surface area contributed by atoms with Crippen molar-refractivity contribution < 1.29 is 0 Å². The number of aromatic nitrogens is 3. The van der Waals surface area contributed by atoms with Gasteiger partial charge in [-0.2, -0.15) is 0 Å². The van der Waals surface area contributed by atoms with Crippen LogP contribution in [0.1, 0.15) is 5.56 Å². The van der Waals surface area contributed by atoms with Crippen molar-refractivity contribution in [1.82, 2.24) is 15.0 Å². The number of hydrogen-bond donors (Lipinski definition) is 1. The normalized spacial score (nSPS) is 10.5. The summed E-state index contributed by atoms with van der Waals surface area (Å²) in [4.78, 5) is 13.9. The van der Waals surface area contributed by atoms with Crippen molar-refractivity contribution in [3.05, 3.63) is 97.3 Å². The van der Waals surface area contributed by atoms with Crippen LogP contribution in [0.4, 0.5) is 5.82 Å². The minimum Gasteiger partial charge on any atom is -0.366 e. The molecular weight excluding hydrogens is 356 g/mol. The zero-order valence-electron chi connectivity index (χ0n) is 16.3. The summed E-state index contributed by atoms with van der Waals surface area (Å²) >= 11 is 0. The fourth-order valence-corrected chi connectivity index (χ4v) is 3.06. The Balaban J connectivity index is 1.78. The molecule has 0 fully saturated rings. The summed E-state index contributed by atoms with van der Waals surface area (Å²) in [6, 6.07) is 22.5. The van der Waals surface area contributed by atoms with Crippen LogP contribution in [-0.2, 0) is 0 Å². The van der Waals surface area contributed by atoms with E-state index in [0.29, 0.717) is 12.4 Å². The zero-order valence-corrected chi connectivity index (χ0v) is 16.3. The fourth-order valence-electron chi connectivity index (χ4n) is 3.06. The molecule has 0 unspecified atom stereocenters. The van der Waals surface area contributed by atoms with Gasteiger partial charge in [0.25, 0.3) is 0 Å². The minimum atomic E-state index is 0.631. The van der Waals surface area contributed by atoms with Crippen molar-refractivity contribution in [1.29, 1.82) is 0 Å². The van der Waals surface area contributed by atoms with E-state index in [-0.39, 0.29) is 0 Å². The van der Waals surface area contributed by atoms with Crippen LogP contribution < -0.4 is 5.32 Å². The summed E-state index contributed by atoms with van der Waals surface area (Å²) in [6.07, 6.45) is 5.53. The van der Waals surface area contributed by atoms with Crippen molar-refractivity contribution in [3.63, 3.8) is 0 Å². The van der Waals surface area contributed by atoms with E-state index in [9.17, 15) is 0 Å². The van der Waals surface area contributed by atoms with Crippen LogP contribution in [0.3, 0.4) is 0 Å². The molecular formula is C25H22N4. The Bertz CT molecular complexity index is 1120. The summed E-state index contributed by atoms with van der Waals surface area (Å²) < 4.78 is 0. The Morgan fingerprint density at radius 1 is 0.828 bits per heavy atom. The van der Waals surface area contributed by atoms with Crippen LogP contribution in [0.2, 0.25) is 0 Å². The van der Waals surface area contributed by atoms with Crippen LogP contribution in [0.5, 0.6) is 0 Å². The summed E-state index contributed by atoms with van der Waals surface area (Å²) in [5, 5.41) is 3.28. The quantitative estimate of drug-likeness (QED) is 0.432. The van der Waals surface area contributed by atoms with E-state index < -0.39 is 0 Å². The van der Waals surface area contributed by atoms with Crippen LogP contribution >= 0.6 is 0 Å². The first-order valence-electron chi connectivity index (χ1n) is 9.54. The lowest BCUT2D eigenvalue weighted by Gasteiger charge is -2.10. The fraction of sp³-hybridized carbons (Fsp3) is 0.0800. The zero-order chi connectivity index (χ0) is 20.1. The molecule has 1 N–H and O–H groups in total. The Hall–Kier alpha value is -3.79. The maximum Gasteiger partial charge on any atom is 0.162 e. The van der Waals surface area contributed by atoms with Crippen molar-refractivity contribution in [3.8, 4) is 33.8 Å². The molecule has 4 aromatic rings. The summed E-state index contributed by atoms with van der Waals surface area (Å²) in [5.41, 5.74) is 6.17. The van der Waals surface area contributed by atoms with E-state index in [1.54, 1.807) is 0 Å². The number of anilines is 1. The maximum atomic E-state index is 4.81. The number of pyridine rings is 1. The molecule has 0 bridgehead atoms. The lowest BCUT2D eigenvalue weighted by atomic mass is 10.0. The van der Waals surface area contributed by atoms with Gasteiger partial charge in [-0.15, -0.1) is 6.58 Å². The molecule has 0 radical (unpaired) electrons. The van der Waals surface area contributed by atoms with Crippen molar-refractivity contribution in [2.45, 2.75) is 6.92 Å². The number of rotatable bonds is 6. The van der Waals surface area contributed by atoms with E-state index in [2.05, 4.69) is 59.1 Å². The van der Waals surface area contributed by atoms with Crippen LogP contribution in [0.15, 0.2) is 91.8 Å². The van der Waals surface area contributed by atoms with Crippen molar-refractivity contribution in [2.75, 3.05) is 11.9 Å². The third kappa shape index (κ3) is 4.38. The molecule has 0 atom stereocenters. The second-order valence-electron chi connectivity index (χ2n) is 6.83. The average molecular weight is 378 g/mol. The molecule has 4 nitrogen and oxygen atoms in total. The first kappa shape index (κ1) is 18.6. The van der Waals surface area contributed by atoms with Gasteiger partial charge < -0.3 is 5.32 Å². The Morgan fingerprint density at radius 2 is 1.59 bits per heavy atom. The lowest BCUT2D eigenvalue weighted by molar-refractivity contribution is 1.15. The van der Waals surface area contributed by atoms with E-state index in [1.165, 1.54) is 5.56 Å². The standard InChI is InChI=1S/C25H22N4/c1-3-13-27-24-15-23(28-25(29-24)20-7-5-4-6-8-20)22-14-21(16-26-17-22)19-11-9-18(2)10-12-19/h3-12,14-17H,1,13H2,2H3,(H,27,28,29). The molecule has 4 rings (SSSR count). The van der Waals surface area contributed by atoms with E-state index >= 15 is 0 Å². The van der Waals surface area contributed by atoms with Gasteiger partial charge in [0, 0.05) is 41.7 Å². The second-order valence-corrected chi connectivity index (χ2v) is 6.83. The Labute approximate surface area is 171 Å². The third-order valence-electron chi connectivity index (χ3n) is 4.60. The van der Waals surface area contributed by atoms with Gasteiger partial charge in [0.05, 0.1) is 5.69 Å². The van der Waals surface area contributed by atoms with E-state index in [1.807, 2.05) is 54.9 Å². The van der Waals surface area contributed by atoms with E-state index in [4.69, 9.17) is 4.98 Å². The molecule has 0 aliphatic carbocycles. The SMILES string of the molecule is C=CCNc1cc(-c2cncc(-c3ccc(C)cc3)c2)nc(-c2ccccc2)n1. The molecule has 142 valence electrons. The van der Waals surface area contributed by atoms with Crippen LogP contribution in [-0.4, -0.2) is 21.5 Å².